The molecule has 0 aliphatic carbocycles. The zero-order valence-corrected chi connectivity index (χ0v) is 16.2. The SMILES string of the molecule is Cl.O=C(COc1ccc(Cl)c2ccccc12)N1CC[C@@H]2CNC[C@@H]2CC1. The summed E-state index contributed by atoms with van der Waals surface area (Å²) in [6.45, 7) is 3.96. The van der Waals surface area contributed by atoms with Gasteiger partial charge in [0.2, 0.25) is 0 Å². The van der Waals surface area contributed by atoms with E-state index in [2.05, 4.69) is 5.32 Å². The summed E-state index contributed by atoms with van der Waals surface area (Å²) in [7, 11) is 0. The van der Waals surface area contributed by atoms with Crippen LogP contribution in [0.4, 0.5) is 0 Å². The topological polar surface area (TPSA) is 41.6 Å². The molecule has 1 N–H and O–H groups in total. The van der Waals surface area contributed by atoms with E-state index < -0.39 is 0 Å². The molecule has 140 valence electrons. The van der Waals surface area contributed by atoms with Crippen LogP contribution in [0, 0.1) is 11.8 Å². The van der Waals surface area contributed by atoms with Crippen LogP contribution >= 0.6 is 24.0 Å². The van der Waals surface area contributed by atoms with Crippen LogP contribution in [-0.2, 0) is 4.79 Å². The minimum absolute atomic E-state index is 0. The predicted molar refractivity (Wildman–Crippen MR) is 107 cm³/mol. The molecule has 0 spiro atoms. The smallest absolute Gasteiger partial charge is 0.260 e. The summed E-state index contributed by atoms with van der Waals surface area (Å²) >= 11 is 6.24. The number of hydrogen-bond donors (Lipinski definition) is 1. The number of carbonyl (C=O) groups excluding carboxylic acids is 1. The maximum absolute atomic E-state index is 12.6. The van der Waals surface area contributed by atoms with Crippen molar-refractivity contribution < 1.29 is 9.53 Å². The van der Waals surface area contributed by atoms with Gasteiger partial charge in [0.05, 0.1) is 0 Å². The van der Waals surface area contributed by atoms with Gasteiger partial charge in [-0.2, -0.15) is 0 Å². The molecule has 6 heteroatoms. The fraction of sp³-hybridized carbons (Fsp3) is 0.450. The molecule has 4 rings (SSSR count). The molecule has 2 aromatic rings. The first-order valence-corrected chi connectivity index (χ1v) is 9.38. The van der Waals surface area contributed by atoms with Crippen molar-refractivity contribution in [3.63, 3.8) is 0 Å². The fourth-order valence-electron chi connectivity index (χ4n) is 4.06. The summed E-state index contributed by atoms with van der Waals surface area (Å²) in [6, 6.07) is 11.5. The van der Waals surface area contributed by atoms with Gasteiger partial charge in [0.25, 0.3) is 5.91 Å². The molecule has 0 aromatic heterocycles. The molecule has 26 heavy (non-hydrogen) atoms. The number of amides is 1. The molecule has 0 bridgehead atoms. The second-order valence-electron chi connectivity index (χ2n) is 7.02. The number of likely N-dealkylation sites (tertiary alicyclic amines) is 1. The number of halogens is 2. The van der Waals surface area contributed by atoms with E-state index >= 15 is 0 Å². The lowest BCUT2D eigenvalue weighted by atomic mass is 9.92. The summed E-state index contributed by atoms with van der Waals surface area (Å²) in [5, 5.41) is 6.05. The van der Waals surface area contributed by atoms with Gasteiger partial charge in [0, 0.05) is 28.9 Å². The van der Waals surface area contributed by atoms with Crippen molar-refractivity contribution >= 4 is 40.7 Å². The molecule has 0 saturated carbocycles. The van der Waals surface area contributed by atoms with E-state index in [-0.39, 0.29) is 24.9 Å². The monoisotopic (exact) mass is 394 g/mol. The van der Waals surface area contributed by atoms with E-state index in [9.17, 15) is 4.79 Å². The van der Waals surface area contributed by atoms with Crippen LogP contribution in [0.1, 0.15) is 12.8 Å². The van der Waals surface area contributed by atoms with Gasteiger partial charge in [-0.25, -0.2) is 0 Å². The Bertz CT molecular complexity index is 769. The third-order valence-corrected chi connectivity index (χ3v) is 5.88. The number of carbonyl (C=O) groups is 1. The van der Waals surface area contributed by atoms with Crippen molar-refractivity contribution in [3.8, 4) is 5.75 Å². The Hall–Kier alpha value is -1.49. The molecule has 2 atom stereocenters. The van der Waals surface area contributed by atoms with E-state index in [0.717, 1.165) is 61.6 Å². The highest BCUT2D eigenvalue weighted by Crippen LogP contribution is 2.31. The third-order valence-electron chi connectivity index (χ3n) is 5.55. The lowest BCUT2D eigenvalue weighted by Gasteiger charge is -2.21. The number of nitrogens with one attached hydrogen (secondary N) is 1. The van der Waals surface area contributed by atoms with Gasteiger partial charge in [-0.3, -0.25) is 4.79 Å². The Labute approximate surface area is 165 Å². The summed E-state index contributed by atoms with van der Waals surface area (Å²) in [6.07, 6.45) is 2.18. The van der Waals surface area contributed by atoms with Crippen molar-refractivity contribution in [1.29, 1.82) is 0 Å². The summed E-state index contributed by atoms with van der Waals surface area (Å²) in [5.74, 6) is 2.23. The Balaban J connectivity index is 0.00000196. The van der Waals surface area contributed by atoms with Crippen LogP contribution < -0.4 is 10.1 Å². The van der Waals surface area contributed by atoms with E-state index in [1.165, 1.54) is 0 Å². The summed E-state index contributed by atoms with van der Waals surface area (Å²) in [4.78, 5) is 14.6. The number of fused-ring (bicyclic) bond motifs is 2. The van der Waals surface area contributed by atoms with Crippen LogP contribution in [0.5, 0.6) is 5.75 Å². The van der Waals surface area contributed by atoms with Crippen LogP contribution in [-0.4, -0.2) is 43.6 Å². The minimum Gasteiger partial charge on any atom is -0.483 e. The van der Waals surface area contributed by atoms with E-state index in [4.69, 9.17) is 16.3 Å². The average molecular weight is 395 g/mol. The largest absolute Gasteiger partial charge is 0.483 e. The highest BCUT2D eigenvalue weighted by Gasteiger charge is 2.31. The highest BCUT2D eigenvalue weighted by atomic mass is 35.5. The lowest BCUT2D eigenvalue weighted by Crippen LogP contribution is -2.36. The molecular formula is C20H24Cl2N2O2. The van der Waals surface area contributed by atoms with Gasteiger partial charge in [-0.15, -0.1) is 12.4 Å². The number of ether oxygens (including phenoxy) is 1. The first-order chi connectivity index (χ1) is 12.2. The number of rotatable bonds is 3. The quantitative estimate of drug-likeness (QED) is 0.861. The average Bonchev–Trinajstić information content (AvgIpc) is 2.99. The molecule has 2 aliphatic heterocycles. The van der Waals surface area contributed by atoms with Gasteiger partial charge in [-0.1, -0.05) is 35.9 Å². The minimum atomic E-state index is 0. The van der Waals surface area contributed by atoms with Gasteiger partial charge in [0.15, 0.2) is 6.61 Å². The van der Waals surface area contributed by atoms with Crippen molar-refractivity contribution in [1.82, 2.24) is 10.2 Å². The maximum atomic E-state index is 12.6. The van der Waals surface area contributed by atoms with Crippen molar-refractivity contribution in [2.45, 2.75) is 12.8 Å². The first-order valence-electron chi connectivity index (χ1n) is 9.01. The highest BCUT2D eigenvalue weighted by molar-refractivity contribution is 6.35. The van der Waals surface area contributed by atoms with Crippen LogP contribution in [0.3, 0.4) is 0 Å². The molecule has 2 saturated heterocycles. The molecule has 2 aromatic carbocycles. The lowest BCUT2D eigenvalue weighted by molar-refractivity contribution is -0.133. The Morgan fingerprint density at radius 1 is 1.08 bits per heavy atom. The molecule has 2 aliphatic rings. The summed E-state index contributed by atoms with van der Waals surface area (Å²) in [5.41, 5.74) is 0. The molecular weight excluding hydrogens is 371 g/mol. The molecule has 0 radical (unpaired) electrons. The van der Waals surface area contributed by atoms with Crippen LogP contribution in [0.25, 0.3) is 10.8 Å². The fourth-order valence-corrected chi connectivity index (χ4v) is 4.29. The van der Waals surface area contributed by atoms with Gasteiger partial charge < -0.3 is 15.0 Å². The molecule has 1 amide bonds. The van der Waals surface area contributed by atoms with Crippen molar-refractivity contribution in [3.05, 3.63) is 41.4 Å². The van der Waals surface area contributed by atoms with Crippen molar-refractivity contribution in [2.24, 2.45) is 11.8 Å². The molecule has 4 nitrogen and oxygen atoms in total. The zero-order chi connectivity index (χ0) is 17.2. The second-order valence-corrected chi connectivity index (χ2v) is 7.42. The second kappa shape index (κ2) is 8.47. The van der Waals surface area contributed by atoms with E-state index in [1.54, 1.807) is 0 Å². The number of benzene rings is 2. The van der Waals surface area contributed by atoms with Crippen molar-refractivity contribution in [2.75, 3.05) is 32.8 Å². The standard InChI is InChI=1S/C20H23ClN2O2.ClH/c21-18-5-6-19(17-4-2-1-3-16(17)18)25-13-20(24)23-9-7-14-11-22-12-15(14)8-10-23;/h1-6,14-15,22H,7-13H2;1H/t14-,15+;. The van der Waals surface area contributed by atoms with E-state index in [0.29, 0.717) is 10.8 Å². The Morgan fingerprint density at radius 2 is 1.73 bits per heavy atom. The normalized spacial score (nSPS) is 22.4. The predicted octanol–water partition coefficient (Wildman–Crippen LogP) is 3.75. The maximum Gasteiger partial charge on any atom is 0.260 e. The molecule has 2 fully saturated rings. The zero-order valence-electron chi connectivity index (χ0n) is 14.6. The third kappa shape index (κ3) is 3.93. The Morgan fingerprint density at radius 3 is 2.42 bits per heavy atom. The Kier molecular flexibility index (Phi) is 6.28. The number of nitrogens with zero attached hydrogens (tertiary/aromatic N) is 1. The summed E-state index contributed by atoms with van der Waals surface area (Å²) < 4.78 is 5.86. The van der Waals surface area contributed by atoms with Gasteiger partial charge >= 0.3 is 0 Å². The van der Waals surface area contributed by atoms with Gasteiger partial charge in [-0.05, 0) is 49.9 Å². The molecule has 0 unspecified atom stereocenters. The van der Waals surface area contributed by atoms with Crippen LogP contribution in [0.2, 0.25) is 5.02 Å². The van der Waals surface area contributed by atoms with E-state index in [1.807, 2.05) is 41.3 Å². The first kappa shape index (κ1) is 19.3. The van der Waals surface area contributed by atoms with Gasteiger partial charge in [0.1, 0.15) is 5.75 Å². The molecule has 2 heterocycles. The number of hydrogen-bond acceptors (Lipinski definition) is 3. The van der Waals surface area contributed by atoms with Crippen LogP contribution in [0.15, 0.2) is 36.4 Å².